The second kappa shape index (κ2) is 7.72. The molecule has 0 spiro atoms. The number of rotatable bonds is 4. The van der Waals surface area contributed by atoms with E-state index in [1.165, 1.54) is 0 Å². The number of likely N-dealkylation sites (N-methyl/N-ethyl adjacent to an activating group) is 1. The Morgan fingerprint density at radius 1 is 1.44 bits per heavy atom. The number of ether oxygens (including phenoxy) is 1. The topological polar surface area (TPSA) is 54.5 Å². The van der Waals surface area contributed by atoms with E-state index in [9.17, 15) is 4.79 Å². The van der Waals surface area contributed by atoms with Crippen molar-refractivity contribution in [2.24, 2.45) is 0 Å². The standard InChI is InChI=1S/C18H19BrClN3O2/c1-3-25-12-4-5-13(14(19)9-12)18(24)22-16-8-11-10-23(2)7-6-15(11)21-17(16)20/h4-5,8-9H,3,6-7,10H2,1-2H3,(H,22,24). The Hall–Kier alpha value is -1.63. The summed E-state index contributed by atoms with van der Waals surface area (Å²) >= 11 is 9.69. The quantitative estimate of drug-likeness (QED) is 0.750. The van der Waals surface area contributed by atoms with Crippen LogP contribution in [0.25, 0.3) is 0 Å². The highest BCUT2D eigenvalue weighted by atomic mass is 79.9. The van der Waals surface area contributed by atoms with E-state index >= 15 is 0 Å². The summed E-state index contributed by atoms with van der Waals surface area (Å²) in [5, 5.41) is 3.18. The fraction of sp³-hybridized carbons (Fsp3) is 0.333. The fourth-order valence-corrected chi connectivity index (χ4v) is 3.54. The summed E-state index contributed by atoms with van der Waals surface area (Å²) in [5.41, 5.74) is 3.14. The molecular weight excluding hydrogens is 406 g/mol. The largest absolute Gasteiger partial charge is 0.494 e. The van der Waals surface area contributed by atoms with Gasteiger partial charge in [-0.2, -0.15) is 0 Å². The number of hydrogen-bond donors (Lipinski definition) is 1. The molecule has 1 aromatic carbocycles. The number of halogens is 2. The number of nitrogens with one attached hydrogen (secondary N) is 1. The molecular formula is C18H19BrClN3O2. The highest BCUT2D eigenvalue weighted by Crippen LogP contribution is 2.28. The van der Waals surface area contributed by atoms with Gasteiger partial charge in [-0.15, -0.1) is 0 Å². The number of carbonyl (C=O) groups is 1. The molecule has 0 radical (unpaired) electrons. The molecule has 0 fully saturated rings. The predicted molar refractivity (Wildman–Crippen MR) is 103 cm³/mol. The van der Waals surface area contributed by atoms with Gasteiger partial charge in [-0.1, -0.05) is 11.6 Å². The second-order valence-corrected chi connectivity index (χ2v) is 7.16. The average molecular weight is 425 g/mol. The Morgan fingerprint density at radius 3 is 2.96 bits per heavy atom. The zero-order valence-corrected chi connectivity index (χ0v) is 16.4. The van der Waals surface area contributed by atoms with Crippen molar-refractivity contribution in [2.75, 3.05) is 25.5 Å². The molecule has 0 saturated carbocycles. The third-order valence-electron chi connectivity index (χ3n) is 4.06. The molecule has 1 aliphatic rings. The number of pyridine rings is 1. The highest BCUT2D eigenvalue weighted by molar-refractivity contribution is 9.10. The summed E-state index contributed by atoms with van der Waals surface area (Å²) in [6.07, 6.45) is 0.865. The maximum Gasteiger partial charge on any atom is 0.256 e. The molecule has 1 aliphatic heterocycles. The van der Waals surface area contributed by atoms with E-state index in [1.54, 1.807) is 18.2 Å². The van der Waals surface area contributed by atoms with Gasteiger partial charge in [0.1, 0.15) is 5.75 Å². The van der Waals surface area contributed by atoms with E-state index in [2.05, 4.69) is 38.2 Å². The minimum absolute atomic E-state index is 0.247. The number of aromatic nitrogens is 1. The van der Waals surface area contributed by atoms with Gasteiger partial charge in [0.05, 0.1) is 17.9 Å². The van der Waals surface area contributed by atoms with Crippen LogP contribution in [-0.4, -0.2) is 36.0 Å². The molecule has 132 valence electrons. The lowest BCUT2D eigenvalue weighted by atomic mass is 10.1. The summed E-state index contributed by atoms with van der Waals surface area (Å²) in [7, 11) is 2.06. The molecule has 1 aromatic heterocycles. The molecule has 2 aromatic rings. The first-order valence-electron chi connectivity index (χ1n) is 8.08. The molecule has 5 nitrogen and oxygen atoms in total. The van der Waals surface area contributed by atoms with Crippen LogP contribution >= 0.6 is 27.5 Å². The van der Waals surface area contributed by atoms with E-state index in [0.29, 0.717) is 33.2 Å². The molecule has 0 bridgehead atoms. The van der Waals surface area contributed by atoms with Gasteiger partial charge in [-0.05, 0) is 59.7 Å². The van der Waals surface area contributed by atoms with E-state index in [0.717, 1.165) is 30.8 Å². The number of amides is 1. The number of carbonyl (C=O) groups excluding carboxylic acids is 1. The molecule has 3 rings (SSSR count). The van der Waals surface area contributed by atoms with Crippen molar-refractivity contribution in [2.45, 2.75) is 19.9 Å². The normalized spacial score (nSPS) is 14.1. The molecule has 0 atom stereocenters. The molecule has 0 saturated heterocycles. The summed E-state index contributed by atoms with van der Waals surface area (Å²) in [6, 6.07) is 7.18. The molecule has 1 amide bonds. The Labute approximate surface area is 160 Å². The van der Waals surface area contributed by atoms with Crippen LogP contribution in [0, 0.1) is 0 Å². The van der Waals surface area contributed by atoms with Crippen LogP contribution in [-0.2, 0) is 13.0 Å². The number of fused-ring (bicyclic) bond motifs is 1. The van der Waals surface area contributed by atoms with Gasteiger partial charge in [0.15, 0.2) is 5.15 Å². The minimum atomic E-state index is -0.247. The van der Waals surface area contributed by atoms with Crippen molar-refractivity contribution in [3.63, 3.8) is 0 Å². The molecule has 0 aliphatic carbocycles. The minimum Gasteiger partial charge on any atom is -0.494 e. The Morgan fingerprint density at radius 2 is 2.24 bits per heavy atom. The van der Waals surface area contributed by atoms with Crippen LogP contribution < -0.4 is 10.1 Å². The van der Waals surface area contributed by atoms with Crippen LogP contribution in [0.1, 0.15) is 28.5 Å². The summed E-state index contributed by atoms with van der Waals surface area (Å²) in [4.78, 5) is 19.3. The third-order valence-corrected chi connectivity index (χ3v) is 5.00. The number of nitrogens with zero attached hydrogens (tertiary/aromatic N) is 2. The summed E-state index contributed by atoms with van der Waals surface area (Å²) < 4.78 is 6.10. The van der Waals surface area contributed by atoms with E-state index < -0.39 is 0 Å². The van der Waals surface area contributed by atoms with Gasteiger partial charge in [-0.3, -0.25) is 4.79 Å². The van der Waals surface area contributed by atoms with Crippen LogP contribution in [0.5, 0.6) is 5.75 Å². The monoisotopic (exact) mass is 423 g/mol. The third kappa shape index (κ3) is 4.14. The molecule has 1 N–H and O–H groups in total. The van der Waals surface area contributed by atoms with Crippen molar-refractivity contribution in [1.29, 1.82) is 0 Å². The Balaban J connectivity index is 1.82. The van der Waals surface area contributed by atoms with Crippen molar-refractivity contribution >= 4 is 39.1 Å². The van der Waals surface area contributed by atoms with Crippen molar-refractivity contribution in [1.82, 2.24) is 9.88 Å². The molecule has 2 heterocycles. The highest BCUT2D eigenvalue weighted by Gasteiger charge is 2.19. The fourth-order valence-electron chi connectivity index (χ4n) is 2.80. The zero-order chi connectivity index (χ0) is 18.0. The van der Waals surface area contributed by atoms with Crippen molar-refractivity contribution in [3.05, 3.63) is 50.7 Å². The summed E-state index contributed by atoms with van der Waals surface area (Å²) in [6.45, 7) is 4.25. The molecule has 7 heteroatoms. The first kappa shape index (κ1) is 18.2. The lowest BCUT2D eigenvalue weighted by Gasteiger charge is -2.25. The number of benzene rings is 1. The van der Waals surface area contributed by atoms with E-state index in [1.807, 2.05) is 13.0 Å². The van der Waals surface area contributed by atoms with E-state index in [4.69, 9.17) is 16.3 Å². The maximum atomic E-state index is 12.6. The maximum absolute atomic E-state index is 12.6. The SMILES string of the molecule is CCOc1ccc(C(=O)Nc2cc3c(nc2Cl)CCN(C)C3)c(Br)c1. The van der Waals surface area contributed by atoms with Crippen LogP contribution in [0.3, 0.4) is 0 Å². The van der Waals surface area contributed by atoms with Crippen LogP contribution in [0.4, 0.5) is 5.69 Å². The first-order chi connectivity index (χ1) is 12.0. The van der Waals surface area contributed by atoms with Crippen LogP contribution in [0.15, 0.2) is 28.7 Å². The van der Waals surface area contributed by atoms with Gasteiger partial charge in [0.25, 0.3) is 5.91 Å². The van der Waals surface area contributed by atoms with Gasteiger partial charge in [0.2, 0.25) is 0 Å². The predicted octanol–water partition coefficient (Wildman–Crippen LogP) is 4.14. The average Bonchev–Trinajstić information content (AvgIpc) is 2.56. The van der Waals surface area contributed by atoms with Gasteiger partial charge in [0, 0.05) is 29.7 Å². The Bertz CT molecular complexity index is 813. The molecule has 0 unspecified atom stereocenters. The van der Waals surface area contributed by atoms with Crippen molar-refractivity contribution < 1.29 is 9.53 Å². The zero-order valence-electron chi connectivity index (χ0n) is 14.1. The molecule has 25 heavy (non-hydrogen) atoms. The van der Waals surface area contributed by atoms with Gasteiger partial charge in [-0.25, -0.2) is 4.98 Å². The first-order valence-corrected chi connectivity index (χ1v) is 9.25. The second-order valence-electron chi connectivity index (χ2n) is 5.95. The lowest BCUT2D eigenvalue weighted by Crippen LogP contribution is -2.27. The van der Waals surface area contributed by atoms with Crippen molar-refractivity contribution in [3.8, 4) is 5.75 Å². The smallest absolute Gasteiger partial charge is 0.256 e. The lowest BCUT2D eigenvalue weighted by molar-refractivity contribution is 0.102. The van der Waals surface area contributed by atoms with Gasteiger partial charge >= 0.3 is 0 Å². The van der Waals surface area contributed by atoms with Crippen LogP contribution in [0.2, 0.25) is 5.15 Å². The van der Waals surface area contributed by atoms with E-state index in [-0.39, 0.29) is 5.91 Å². The number of anilines is 1. The summed E-state index contributed by atoms with van der Waals surface area (Å²) in [5.74, 6) is 0.463. The van der Waals surface area contributed by atoms with Gasteiger partial charge < -0.3 is 15.0 Å². The number of hydrogen-bond acceptors (Lipinski definition) is 4. The Kier molecular flexibility index (Phi) is 5.61.